The van der Waals surface area contributed by atoms with E-state index in [0.717, 1.165) is 5.56 Å². The molecule has 0 radical (unpaired) electrons. The zero-order valence-corrected chi connectivity index (χ0v) is 14.1. The Bertz CT molecular complexity index is 759. The highest BCUT2D eigenvalue weighted by Crippen LogP contribution is 2.24. The fourth-order valence-electron chi connectivity index (χ4n) is 2.30. The molecule has 0 saturated carbocycles. The van der Waals surface area contributed by atoms with E-state index in [1.165, 1.54) is 18.2 Å². The lowest BCUT2D eigenvalue weighted by Gasteiger charge is -2.13. The number of amides is 1. The van der Waals surface area contributed by atoms with Gasteiger partial charge in [-0.2, -0.15) is 0 Å². The van der Waals surface area contributed by atoms with Gasteiger partial charge in [-0.15, -0.1) is 0 Å². The number of carbonyl (C=O) groups excluding carboxylic acids is 1. The van der Waals surface area contributed by atoms with Crippen molar-refractivity contribution in [2.24, 2.45) is 0 Å². The summed E-state index contributed by atoms with van der Waals surface area (Å²) in [6, 6.07) is 11.3. The van der Waals surface area contributed by atoms with Crippen LogP contribution < -0.4 is 10.1 Å². The first kappa shape index (κ1) is 18.4. The Hall–Kier alpha value is -2.93. The highest BCUT2D eigenvalue weighted by Gasteiger charge is 2.21. The molecule has 0 aliphatic heterocycles. The van der Waals surface area contributed by atoms with E-state index in [1.54, 1.807) is 19.1 Å². The summed E-state index contributed by atoms with van der Waals surface area (Å²) in [5, 5.41) is 23.8. The second-order valence-corrected chi connectivity index (χ2v) is 5.51. The minimum absolute atomic E-state index is 0.0576. The molecule has 0 aromatic heterocycles. The minimum Gasteiger partial charge on any atom is -0.494 e. The van der Waals surface area contributed by atoms with Gasteiger partial charge >= 0.3 is 0 Å². The molecule has 0 heterocycles. The van der Waals surface area contributed by atoms with Crippen molar-refractivity contribution in [3.05, 3.63) is 69.3 Å². The Balaban J connectivity index is 2.12. The average Bonchev–Trinajstić information content (AvgIpc) is 2.60. The lowest BCUT2D eigenvalue weighted by Crippen LogP contribution is -2.29. The SMILES string of the molecule is CCOc1ccc([N+](=O)[O-])c(C(=O)NC[C@H](O)c2ccc(C)cc2)c1. The molecule has 25 heavy (non-hydrogen) atoms. The number of hydrogen-bond acceptors (Lipinski definition) is 5. The molecule has 0 spiro atoms. The smallest absolute Gasteiger partial charge is 0.282 e. The molecule has 1 amide bonds. The molecule has 0 fully saturated rings. The van der Waals surface area contributed by atoms with Gasteiger partial charge in [0.15, 0.2) is 0 Å². The molecule has 132 valence electrons. The minimum atomic E-state index is -0.904. The van der Waals surface area contributed by atoms with Crippen LogP contribution in [0.1, 0.15) is 34.5 Å². The maximum Gasteiger partial charge on any atom is 0.282 e. The van der Waals surface area contributed by atoms with E-state index in [2.05, 4.69) is 5.32 Å². The molecule has 7 heteroatoms. The summed E-state index contributed by atoms with van der Waals surface area (Å²) in [5.74, 6) is -0.267. The number of carbonyl (C=O) groups is 1. The molecular weight excluding hydrogens is 324 g/mol. The number of nitro benzene ring substituents is 1. The Labute approximate surface area is 145 Å². The van der Waals surface area contributed by atoms with Gasteiger partial charge in [0.25, 0.3) is 11.6 Å². The highest BCUT2D eigenvalue weighted by molar-refractivity contribution is 5.98. The zero-order chi connectivity index (χ0) is 18.4. The van der Waals surface area contributed by atoms with Crippen LogP contribution in [0.5, 0.6) is 5.75 Å². The van der Waals surface area contributed by atoms with Crippen LogP contribution in [0.15, 0.2) is 42.5 Å². The van der Waals surface area contributed by atoms with Crippen LogP contribution >= 0.6 is 0 Å². The van der Waals surface area contributed by atoms with Crippen molar-refractivity contribution in [2.75, 3.05) is 13.2 Å². The summed E-state index contributed by atoms with van der Waals surface area (Å²) in [4.78, 5) is 22.8. The van der Waals surface area contributed by atoms with Crippen LogP contribution in [0.25, 0.3) is 0 Å². The van der Waals surface area contributed by atoms with Gasteiger partial charge in [-0.25, -0.2) is 0 Å². The first-order valence-electron chi connectivity index (χ1n) is 7.86. The van der Waals surface area contributed by atoms with Crippen LogP contribution in [0.2, 0.25) is 0 Å². The van der Waals surface area contributed by atoms with Gasteiger partial charge in [-0.3, -0.25) is 14.9 Å². The molecule has 1 atom stereocenters. The molecule has 0 aliphatic rings. The fraction of sp³-hybridized carbons (Fsp3) is 0.278. The van der Waals surface area contributed by atoms with E-state index < -0.39 is 16.9 Å². The van der Waals surface area contributed by atoms with Gasteiger partial charge in [0.1, 0.15) is 11.3 Å². The monoisotopic (exact) mass is 344 g/mol. The molecule has 0 saturated heterocycles. The Morgan fingerprint density at radius 1 is 1.28 bits per heavy atom. The van der Waals surface area contributed by atoms with Gasteiger partial charge in [0, 0.05) is 12.6 Å². The number of aliphatic hydroxyl groups is 1. The number of rotatable bonds is 7. The van der Waals surface area contributed by atoms with Gasteiger partial charge in [-0.1, -0.05) is 29.8 Å². The summed E-state index contributed by atoms with van der Waals surface area (Å²) in [6.45, 7) is 4.03. The van der Waals surface area contributed by atoms with E-state index >= 15 is 0 Å². The van der Waals surface area contributed by atoms with Crippen LogP contribution in [0, 0.1) is 17.0 Å². The lowest BCUT2D eigenvalue weighted by molar-refractivity contribution is -0.385. The van der Waals surface area contributed by atoms with Gasteiger partial charge in [0.05, 0.1) is 17.6 Å². The van der Waals surface area contributed by atoms with E-state index in [1.807, 2.05) is 19.1 Å². The number of ether oxygens (including phenoxy) is 1. The van der Waals surface area contributed by atoms with E-state index in [0.29, 0.717) is 17.9 Å². The van der Waals surface area contributed by atoms with Crippen molar-refractivity contribution >= 4 is 11.6 Å². The van der Waals surface area contributed by atoms with Crippen LogP contribution in [-0.2, 0) is 0 Å². The third kappa shape index (κ3) is 4.77. The summed E-state index contributed by atoms with van der Waals surface area (Å²) in [6.07, 6.45) is -0.904. The Morgan fingerprint density at radius 2 is 1.96 bits per heavy atom. The standard InChI is InChI=1S/C18H20N2O5/c1-3-25-14-8-9-16(20(23)24)15(10-14)18(22)19-11-17(21)13-6-4-12(2)5-7-13/h4-10,17,21H,3,11H2,1-2H3,(H,19,22)/t17-/m0/s1. The predicted molar refractivity (Wildman–Crippen MR) is 92.7 cm³/mol. The number of aliphatic hydroxyl groups excluding tert-OH is 1. The summed E-state index contributed by atoms with van der Waals surface area (Å²) in [7, 11) is 0. The fourth-order valence-corrected chi connectivity index (χ4v) is 2.30. The quantitative estimate of drug-likeness (QED) is 0.594. The van der Waals surface area contributed by atoms with Crippen LogP contribution in [0.3, 0.4) is 0 Å². The Kier molecular flexibility index (Phi) is 6.08. The molecule has 2 aromatic rings. The summed E-state index contributed by atoms with van der Waals surface area (Å²) in [5.41, 5.74) is 1.30. The first-order valence-corrected chi connectivity index (χ1v) is 7.86. The van der Waals surface area contributed by atoms with Crippen LogP contribution in [-0.4, -0.2) is 29.1 Å². The number of nitro groups is 1. The zero-order valence-electron chi connectivity index (χ0n) is 14.1. The highest BCUT2D eigenvalue weighted by atomic mass is 16.6. The molecule has 2 aromatic carbocycles. The maximum atomic E-state index is 12.3. The largest absolute Gasteiger partial charge is 0.494 e. The molecule has 2 N–H and O–H groups in total. The number of aryl methyl sites for hydroxylation is 1. The maximum absolute atomic E-state index is 12.3. The first-order chi connectivity index (χ1) is 11.9. The van der Waals surface area contributed by atoms with Crippen molar-refractivity contribution in [3.63, 3.8) is 0 Å². The van der Waals surface area contributed by atoms with E-state index in [4.69, 9.17) is 4.74 Å². The van der Waals surface area contributed by atoms with E-state index in [9.17, 15) is 20.0 Å². The predicted octanol–water partition coefficient (Wildman–Crippen LogP) is 2.77. The second-order valence-electron chi connectivity index (χ2n) is 5.51. The molecule has 7 nitrogen and oxygen atoms in total. The summed E-state index contributed by atoms with van der Waals surface area (Å²) >= 11 is 0. The molecule has 0 bridgehead atoms. The molecule has 0 aliphatic carbocycles. The van der Waals surface area contributed by atoms with Crippen molar-refractivity contribution in [2.45, 2.75) is 20.0 Å². The van der Waals surface area contributed by atoms with Gasteiger partial charge < -0.3 is 15.2 Å². The Morgan fingerprint density at radius 3 is 2.56 bits per heavy atom. The molecular formula is C18H20N2O5. The molecule has 2 rings (SSSR count). The number of nitrogens with one attached hydrogen (secondary N) is 1. The topological polar surface area (TPSA) is 102 Å². The second kappa shape index (κ2) is 8.25. The number of hydrogen-bond donors (Lipinski definition) is 2. The third-order valence-electron chi connectivity index (χ3n) is 3.64. The third-order valence-corrected chi connectivity index (χ3v) is 3.64. The van der Waals surface area contributed by atoms with Crippen molar-refractivity contribution < 1.29 is 19.6 Å². The molecule has 0 unspecified atom stereocenters. The van der Waals surface area contributed by atoms with Crippen LogP contribution in [0.4, 0.5) is 5.69 Å². The van der Waals surface area contributed by atoms with Gasteiger partial charge in [-0.05, 0) is 31.5 Å². The summed E-state index contributed by atoms with van der Waals surface area (Å²) < 4.78 is 5.29. The lowest BCUT2D eigenvalue weighted by atomic mass is 10.1. The van der Waals surface area contributed by atoms with Gasteiger partial charge in [0.2, 0.25) is 0 Å². The van der Waals surface area contributed by atoms with Crippen molar-refractivity contribution in [1.82, 2.24) is 5.32 Å². The normalized spacial score (nSPS) is 11.6. The van der Waals surface area contributed by atoms with Crippen molar-refractivity contribution in [3.8, 4) is 5.75 Å². The average molecular weight is 344 g/mol. The van der Waals surface area contributed by atoms with E-state index in [-0.39, 0.29) is 17.8 Å². The number of benzene rings is 2. The van der Waals surface area contributed by atoms with Crippen molar-refractivity contribution in [1.29, 1.82) is 0 Å². The number of nitrogens with zero attached hydrogens (tertiary/aromatic N) is 1.